The second-order valence-corrected chi connectivity index (χ2v) is 6.27. The Hall–Kier alpha value is -0.440. The molecule has 104 valence electrons. The van der Waals surface area contributed by atoms with Gasteiger partial charge in [-0.1, -0.05) is 22.9 Å². The first-order chi connectivity index (χ1) is 8.53. The molecule has 1 aromatic rings. The monoisotopic (exact) mass is 339 g/mol. The minimum atomic E-state index is -3.56. The van der Waals surface area contributed by atoms with Crippen molar-refractivity contribution in [1.29, 1.82) is 0 Å². The van der Waals surface area contributed by atoms with Crippen LogP contribution < -0.4 is 4.72 Å². The smallest absolute Gasteiger partial charge is 0.257 e. The highest BCUT2D eigenvalue weighted by Gasteiger charge is 2.21. The highest BCUT2D eigenvalue weighted by atomic mass is 79.9. The Morgan fingerprint density at radius 2 is 2.33 bits per heavy atom. The molecule has 0 aliphatic heterocycles. The molecule has 0 radical (unpaired) electrons. The van der Waals surface area contributed by atoms with Crippen LogP contribution in [0.4, 0.5) is 0 Å². The summed E-state index contributed by atoms with van der Waals surface area (Å²) >= 11 is 3.29. The molecule has 1 unspecified atom stereocenters. The first-order valence-corrected chi connectivity index (χ1v) is 8.25. The zero-order valence-electron chi connectivity index (χ0n) is 10.4. The molecular formula is C10H18BrN3O3S. The first kappa shape index (κ1) is 15.6. The molecule has 0 bridgehead atoms. The van der Waals surface area contributed by atoms with Gasteiger partial charge in [0.05, 0.1) is 12.8 Å². The third kappa shape index (κ3) is 4.34. The normalized spacial score (nSPS) is 13.7. The van der Waals surface area contributed by atoms with Crippen LogP contribution in [0.5, 0.6) is 0 Å². The van der Waals surface area contributed by atoms with Gasteiger partial charge in [0, 0.05) is 24.9 Å². The van der Waals surface area contributed by atoms with E-state index >= 15 is 0 Å². The summed E-state index contributed by atoms with van der Waals surface area (Å²) in [6, 6.07) is -0.257. The fourth-order valence-electron chi connectivity index (χ4n) is 1.45. The molecule has 6 nitrogen and oxygen atoms in total. The van der Waals surface area contributed by atoms with Gasteiger partial charge in [-0.2, -0.15) is 0 Å². The molecule has 0 fully saturated rings. The zero-order valence-corrected chi connectivity index (χ0v) is 12.8. The standard InChI is InChI=1S/C10H18BrN3O3S/c1-3-9-12-6-10(13-9)18(15,16)14-8(4-5-11)7-17-2/h6,8,14H,3-5,7H2,1-2H3,(H,12,13). The van der Waals surface area contributed by atoms with Gasteiger partial charge in [0.2, 0.25) is 0 Å². The molecule has 0 saturated heterocycles. The van der Waals surface area contributed by atoms with E-state index in [0.29, 0.717) is 30.6 Å². The number of hydrogen-bond acceptors (Lipinski definition) is 4. The van der Waals surface area contributed by atoms with Crippen molar-refractivity contribution in [3.63, 3.8) is 0 Å². The molecule has 2 N–H and O–H groups in total. The van der Waals surface area contributed by atoms with Crippen molar-refractivity contribution in [3.8, 4) is 0 Å². The number of aromatic amines is 1. The van der Waals surface area contributed by atoms with E-state index in [4.69, 9.17) is 4.74 Å². The van der Waals surface area contributed by atoms with Crippen molar-refractivity contribution in [1.82, 2.24) is 14.7 Å². The topological polar surface area (TPSA) is 84.1 Å². The molecule has 0 saturated carbocycles. The number of halogens is 1. The van der Waals surface area contributed by atoms with Gasteiger partial charge in [0.1, 0.15) is 5.82 Å². The van der Waals surface area contributed by atoms with Crippen molar-refractivity contribution >= 4 is 26.0 Å². The Balaban J connectivity index is 2.78. The lowest BCUT2D eigenvalue weighted by Gasteiger charge is -2.15. The lowest BCUT2D eigenvalue weighted by molar-refractivity contribution is 0.173. The minimum Gasteiger partial charge on any atom is -0.383 e. The zero-order chi connectivity index (χ0) is 13.6. The maximum atomic E-state index is 12.1. The van der Waals surface area contributed by atoms with Gasteiger partial charge in [-0.15, -0.1) is 0 Å². The van der Waals surface area contributed by atoms with E-state index in [1.165, 1.54) is 6.20 Å². The maximum Gasteiger partial charge on any atom is 0.257 e. The van der Waals surface area contributed by atoms with Crippen molar-refractivity contribution < 1.29 is 13.2 Å². The molecule has 0 amide bonds. The Labute approximate surface area is 116 Å². The summed E-state index contributed by atoms with van der Waals surface area (Å²) in [5, 5.41) is 0.794. The summed E-state index contributed by atoms with van der Waals surface area (Å²) in [6.45, 7) is 2.24. The van der Waals surface area contributed by atoms with Crippen LogP contribution in [-0.4, -0.2) is 43.5 Å². The Kier molecular flexibility index (Phi) is 6.27. The SMILES string of the molecule is CCc1ncc(S(=O)(=O)NC(CCBr)COC)[nH]1. The van der Waals surface area contributed by atoms with E-state index in [2.05, 4.69) is 30.6 Å². The second kappa shape index (κ2) is 7.22. The number of nitrogens with one attached hydrogen (secondary N) is 2. The van der Waals surface area contributed by atoms with Crippen molar-refractivity contribution in [3.05, 3.63) is 12.0 Å². The van der Waals surface area contributed by atoms with Gasteiger partial charge in [-0.05, 0) is 6.42 Å². The Bertz CT molecular complexity index is 455. The van der Waals surface area contributed by atoms with E-state index in [-0.39, 0.29) is 11.1 Å². The summed E-state index contributed by atoms with van der Waals surface area (Å²) < 4.78 is 31.7. The molecule has 1 rings (SSSR count). The van der Waals surface area contributed by atoms with Crippen LogP contribution in [0, 0.1) is 0 Å². The predicted octanol–water partition coefficient (Wildman–Crippen LogP) is 1.05. The molecule has 1 atom stereocenters. The largest absolute Gasteiger partial charge is 0.383 e. The van der Waals surface area contributed by atoms with Crippen molar-refractivity contribution in [2.45, 2.75) is 30.8 Å². The van der Waals surface area contributed by atoms with Gasteiger partial charge in [0.15, 0.2) is 5.03 Å². The number of ether oxygens (including phenoxy) is 1. The molecule has 1 heterocycles. The lowest BCUT2D eigenvalue weighted by atomic mass is 10.3. The third-order valence-electron chi connectivity index (χ3n) is 2.38. The van der Waals surface area contributed by atoms with Gasteiger partial charge in [0.25, 0.3) is 10.0 Å². The van der Waals surface area contributed by atoms with Gasteiger partial charge < -0.3 is 9.72 Å². The van der Waals surface area contributed by atoms with Gasteiger partial charge in [-0.3, -0.25) is 0 Å². The molecule has 18 heavy (non-hydrogen) atoms. The number of aryl methyl sites for hydroxylation is 1. The van der Waals surface area contributed by atoms with Crippen LogP contribution in [0.25, 0.3) is 0 Å². The van der Waals surface area contributed by atoms with Crippen molar-refractivity contribution in [2.24, 2.45) is 0 Å². The third-order valence-corrected chi connectivity index (χ3v) is 4.26. The van der Waals surface area contributed by atoms with Gasteiger partial charge >= 0.3 is 0 Å². The van der Waals surface area contributed by atoms with Crippen molar-refractivity contribution in [2.75, 3.05) is 19.0 Å². The number of nitrogens with zero attached hydrogens (tertiary/aromatic N) is 1. The van der Waals surface area contributed by atoms with Crippen LogP contribution in [0.1, 0.15) is 19.2 Å². The molecule has 0 aliphatic rings. The van der Waals surface area contributed by atoms with Gasteiger partial charge in [-0.25, -0.2) is 18.1 Å². The van der Waals surface area contributed by atoms with Crippen LogP contribution >= 0.6 is 15.9 Å². The number of H-pyrrole nitrogens is 1. The average molecular weight is 340 g/mol. The van der Waals surface area contributed by atoms with E-state index in [1.54, 1.807) is 7.11 Å². The number of methoxy groups -OCH3 is 1. The Morgan fingerprint density at radius 3 is 2.83 bits per heavy atom. The van der Waals surface area contributed by atoms with E-state index in [9.17, 15) is 8.42 Å². The fraction of sp³-hybridized carbons (Fsp3) is 0.700. The van der Waals surface area contributed by atoms with Crippen LogP contribution in [0.15, 0.2) is 11.2 Å². The maximum absolute atomic E-state index is 12.1. The molecular weight excluding hydrogens is 322 g/mol. The van der Waals surface area contributed by atoms with E-state index in [1.807, 2.05) is 6.92 Å². The predicted molar refractivity (Wildman–Crippen MR) is 72.4 cm³/mol. The number of sulfonamides is 1. The summed E-state index contributed by atoms with van der Waals surface area (Å²) in [7, 11) is -2.02. The average Bonchev–Trinajstić information content (AvgIpc) is 2.78. The molecule has 0 aliphatic carbocycles. The van der Waals surface area contributed by atoms with Crippen LogP contribution in [0.3, 0.4) is 0 Å². The van der Waals surface area contributed by atoms with E-state index in [0.717, 1.165) is 0 Å². The molecule has 0 aromatic carbocycles. The minimum absolute atomic E-state index is 0.0926. The summed E-state index contributed by atoms with van der Waals surface area (Å²) in [4.78, 5) is 6.76. The van der Waals surface area contributed by atoms with Crippen LogP contribution in [-0.2, 0) is 21.2 Å². The number of rotatable bonds is 8. The van der Waals surface area contributed by atoms with E-state index < -0.39 is 10.0 Å². The number of aromatic nitrogens is 2. The quantitative estimate of drug-likeness (QED) is 0.693. The number of alkyl halides is 1. The van der Waals surface area contributed by atoms with Crippen LogP contribution in [0.2, 0.25) is 0 Å². The molecule has 8 heteroatoms. The Morgan fingerprint density at radius 1 is 1.61 bits per heavy atom. The lowest BCUT2D eigenvalue weighted by Crippen LogP contribution is -2.38. The second-order valence-electron chi connectivity index (χ2n) is 3.80. The highest BCUT2D eigenvalue weighted by molar-refractivity contribution is 9.09. The number of hydrogen-bond donors (Lipinski definition) is 2. The summed E-state index contributed by atoms with van der Waals surface area (Å²) in [5.41, 5.74) is 0. The highest BCUT2D eigenvalue weighted by Crippen LogP contribution is 2.08. The first-order valence-electron chi connectivity index (χ1n) is 5.64. The number of imidazole rings is 1. The summed E-state index contributed by atoms with van der Waals surface area (Å²) in [6.07, 6.45) is 2.65. The fourth-order valence-corrected chi connectivity index (χ4v) is 3.20. The molecule has 0 spiro atoms. The molecule has 1 aromatic heterocycles. The summed E-state index contributed by atoms with van der Waals surface area (Å²) in [5.74, 6) is 0.652.